The van der Waals surface area contributed by atoms with Crippen LogP contribution in [0.25, 0.3) is 0 Å². The van der Waals surface area contributed by atoms with Crippen LogP contribution in [0.15, 0.2) is 0 Å². The lowest BCUT2D eigenvalue weighted by Crippen LogP contribution is -2.42. The van der Waals surface area contributed by atoms with Crippen molar-refractivity contribution in [1.29, 1.82) is 0 Å². The molecule has 1 aliphatic rings. The van der Waals surface area contributed by atoms with Crippen LogP contribution in [0.1, 0.15) is 20.3 Å². The van der Waals surface area contributed by atoms with Crippen LogP contribution in [-0.2, 0) is 4.74 Å². The highest BCUT2D eigenvalue weighted by molar-refractivity contribution is 4.78. The number of hydrogen-bond acceptors (Lipinski definition) is 3. The maximum Gasteiger partial charge on any atom is 0.411 e. The minimum Gasteiger partial charge on any atom is -0.371 e. The number of alkyl halides is 3. The average Bonchev–Trinajstić information content (AvgIpc) is 2.48. The van der Waals surface area contributed by atoms with Crippen molar-refractivity contribution in [2.45, 2.75) is 32.5 Å². The van der Waals surface area contributed by atoms with E-state index in [0.717, 1.165) is 26.1 Å². The monoisotopic (exact) mass is 268 g/mol. The van der Waals surface area contributed by atoms with E-state index >= 15 is 0 Å². The molecule has 1 fully saturated rings. The van der Waals surface area contributed by atoms with Crippen LogP contribution >= 0.6 is 0 Å². The molecular weight excluding hydrogens is 245 g/mol. The van der Waals surface area contributed by atoms with Gasteiger partial charge in [0.2, 0.25) is 0 Å². The minimum absolute atomic E-state index is 0.143. The summed E-state index contributed by atoms with van der Waals surface area (Å²) >= 11 is 0. The molecule has 0 bridgehead atoms. The van der Waals surface area contributed by atoms with Gasteiger partial charge in [-0.2, -0.15) is 13.2 Å². The minimum atomic E-state index is -4.22. The van der Waals surface area contributed by atoms with Gasteiger partial charge in [-0.25, -0.2) is 0 Å². The highest BCUT2D eigenvalue weighted by Gasteiger charge is 2.27. The number of hydrogen-bond donors (Lipinski definition) is 1. The third-order valence-corrected chi connectivity index (χ3v) is 3.13. The summed E-state index contributed by atoms with van der Waals surface area (Å²) in [4.78, 5) is 2.18. The molecule has 3 nitrogen and oxygen atoms in total. The fraction of sp³-hybridized carbons (Fsp3) is 1.00. The second-order valence-electron chi connectivity index (χ2n) is 5.13. The average molecular weight is 268 g/mol. The lowest BCUT2D eigenvalue weighted by Gasteiger charge is -2.26. The lowest BCUT2D eigenvalue weighted by atomic mass is 10.0. The van der Waals surface area contributed by atoms with Gasteiger partial charge in [0, 0.05) is 19.1 Å². The predicted octanol–water partition coefficient (Wildman–Crippen LogP) is 1.89. The summed E-state index contributed by atoms with van der Waals surface area (Å²) in [5.41, 5.74) is 0. The van der Waals surface area contributed by atoms with Crippen LogP contribution in [0, 0.1) is 5.92 Å². The van der Waals surface area contributed by atoms with Crippen LogP contribution in [0.3, 0.4) is 0 Å². The van der Waals surface area contributed by atoms with Gasteiger partial charge in [-0.3, -0.25) is 4.90 Å². The van der Waals surface area contributed by atoms with Gasteiger partial charge < -0.3 is 10.1 Å². The largest absolute Gasteiger partial charge is 0.411 e. The van der Waals surface area contributed by atoms with E-state index in [1.54, 1.807) is 0 Å². The van der Waals surface area contributed by atoms with E-state index in [1.807, 2.05) is 0 Å². The summed E-state index contributed by atoms with van der Waals surface area (Å²) < 4.78 is 40.4. The van der Waals surface area contributed by atoms with Gasteiger partial charge in [-0.15, -0.1) is 0 Å². The standard InChI is InChI=1S/C12H23F3N2O/c1-10(2)11-8-17(5-3-4-16-11)6-7-18-9-12(13,14)15/h10-11,16H,3-9H2,1-2H3. The molecule has 0 aromatic rings. The normalized spacial score (nSPS) is 23.3. The van der Waals surface area contributed by atoms with E-state index in [9.17, 15) is 13.2 Å². The maximum atomic E-state index is 11.9. The number of rotatable bonds is 5. The highest BCUT2D eigenvalue weighted by Crippen LogP contribution is 2.14. The Morgan fingerprint density at radius 1 is 1.39 bits per heavy atom. The van der Waals surface area contributed by atoms with Crippen molar-refractivity contribution >= 4 is 0 Å². The van der Waals surface area contributed by atoms with E-state index in [1.165, 1.54) is 0 Å². The van der Waals surface area contributed by atoms with Gasteiger partial charge in [0.05, 0.1) is 6.61 Å². The Labute approximate surface area is 107 Å². The molecule has 1 atom stereocenters. The van der Waals surface area contributed by atoms with Crippen LogP contribution in [0.2, 0.25) is 0 Å². The van der Waals surface area contributed by atoms with Gasteiger partial charge in [-0.05, 0) is 25.4 Å². The molecule has 0 radical (unpaired) electrons. The van der Waals surface area contributed by atoms with Crippen LogP contribution < -0.4 is 5.32 Å². The van der Waals surface area contributed by atoms with E-state index in [4.69, 9.17) is 0 Å². The van der Waals surface area contributed by atoms with E-state index < -0.39 is 12.8 Å². The zero-order valence-corrected chi connectivity index (χ0v) is 11.1. The number of halogens is 3. The Balaban J connectivity index is 2.23. The fourth-order valence-corrected chi connectivity index (χ4v) is 2.06. The Kier molecular flexibility index (Phi) is 6.38. The molecule has 108 valence electrons. The van der Waals surface area contributed by atoms with Gasteiger partial charge in [0.25, 0.3) is 0 Å². The van der Waals surface area contributed by atoms with Crippen molar-refractivity contribution in [1.82, 2.24) is 10.2 Å². The first-order valence-corrected chi connectivity index (χ1v) is 6.49. The van der Waals surface area contributed by atoms with Gasteiger partial charge >= 0.3 is 6.18 Å². The van der Waals surface area contributed by atoms with Crippen molar-refractivity contribution in [3.05, 3.63) is 0 Å². The Morgan fingerprint density at radius 2 is 2.11 bits per heavy atom. The summed E-state index contributed by atoms with van der Waals surface area (Å²) in [6, 6.07) is 0.412. The van der Waals surface area contributed by atoms with Crippen molar-refractivity contribution < 1.29 is 17.9 Å². The smallest absolute Gasteiger partial charge is 0.371 e. The number of ether oxygens (including phenoxy) is 1. The second-order valence-corrected chi connectivity index (χ2v) is 5.13. The molecule has 1 heterocycles. The van der Waals surface area contributed by atoms with Crippen molar-refractivity contribution in [2.24, 2.45) is 5.92 Å². The zero-order chi connectivity index (χ0) is 13.6. The summed E-state index contributed by atoms with van der Waals surface area (Å²) in [5, 5.41) is 3.46. The zero-order valence-electron chi connectivity index (χ0n) is 11.1. The molecule has 1 rings (SSSR count). The predicted molar refractivity (Wildman–Crippen MR) is 64.6 cm³/mol. The molecule has 18 heavy (non-hydrogen) atoms. The molecule has 1 unspecified atom stereocenters. The summed E-state index contributed by atoms with van der Waals surface area (Å²) in [6.07, 6.45) is -3.19. The first-order valence-electron chi connectivity index (χ1n) is 6.49. The van der Waals surface area contributed by atoms with Gasteiger partial charge in [-0.1, -0.05) is 13.8 Å². The van der Waals surface area contributed by atoms with Crippen molar-refractivity contribution in [3.8, 4) is 0 Å². The molecule has 0 aliphatic carbocycles. The summed E-state index contributed by atoms with van der Waals surface area (Å²) in [6.45, 7) is 6.65. The van der Waals surface area contributed by atoms with Gasteiger partial charge in [0.15, 0.2) is 0 Å². The molecule has 6 heteroatoms. The molecule has 0 saturated carbocycles. The second kappa shape index (κ2) is 7.31. The molecule has 0 amide bonds. The topological polar surface area (TPSA) is 24.5 Å². The molecular formula is C12H23F3N2O. The Hall–Kier alpha value is -0.330. The molecule has 0 spiro atoms. The third-order valence-electron chi connectivity index (χ3n) is 3.13. The first kappa shape index (κ1) is 15.7. The summed E-state index contributed by atoms with van der Waals surface area (Å²) in [5.74, 6) is 0.529. The van der Waals surface area contributed by atoms with E-state index in [-0.39, 0.29) is 6.61 Å². The SMILES string of the molecule is CC(C)C1CN(CCOCC(F)(F)F)CCCN1. The fourth-order valence-electron chi connectivity index (χ4n) is 2.06. The van der Waals surface area contributed by atoms with Crippen LogP contribution in [-0.4, -0.2) is 56.5 Å². The van der Waals surface area contributed by atoms with Crippen LogP contribution in [0.5, 0.6) is 0 Å². The van der Waals surface area contributed by atoms with E-state index in [2.05, 4.69) is 28.8 Å². The molecule has 1 N–H and O–H groups in total. The maximum absolute atomic E-state index is 11.9. The molecule has 0 aromatic carbocycles. The van der Waals surface area contributed by atoms with Crippen LogP contribution in [0.4, 0.5) is 13.2 Å². The quantitative estimate of drug-likeness (QED) is 0.771. The molecule has 1 saturated heterocycles. The van der Waals surface area contributed by atoms with Crippen molar-refractivity contribution in [3.63, 3.8) is 0 Å². The summed E-state index contributed by atoms with van der Waals surface area (Å²) in [7, 11) is 0. The Morgan fingerprint density at radius 3 is 2.72 bits per heavy atom. The molecule has 0 aromatic heterocycles. The van der Waals surface area contributed by atoms with E-state index in [0.29, 0.717) is 18.5 Å². The number of nitrogens with one attached hydrogen (secondary N) is 1. The first-order chi connectivity index (χ1) is 8.38. The third kappa shape index (κ3) is 6.56. The van der Waals surface area contributed by atoms with Crippen molar-refractivity contribution in [2.75, 3.05) is 39.4 Å². The van der Waals surface area contributed by atoms with Gasteiger partial charge in [0.1, 0.15) is 6.61 Å². The molecule has 1 aliphatic heterocycles. The Bertz CT molecular complexity index is 234. The lowest BCUT2D eigenvalue weighted by molar-refractivity contribution is -0.174. The highest BCUT2D eigenvalue weighted by atomic mass is 19.4. The number of nitrogens with zero attached hydrogens (tertiary/aromatic N) is 1.